The molecule has 1 aromatic carbocycles. The molecule has 0 saturated carbocycles. The summed E-state index contributed by atoms with van der Waals surface area (Å²) in [6, 6.07) is 8.04. The van der Waals surface area contributed by atoms with Crippen molar-refractivity contribution in [3.05, 3.63) is 29.8 Å². The number of carbonyl (C=O) groups is 2. The van der Waals surface area contributed by atoms with Crippen molar-refractivity contribution in [3.8, 4) is 5.75 Å². The second-order valence-electron chi connectivity index (χ2n) is 8.47. The van der Waals surface area contributed by atoms with Gasteiger partial charge in [-0.15, -0.1) is 0 Å². The number of carbonyl (C=O) groups excluding carboxylic acids is 2. The highest BCUT2D eigenvalue weighted by atomic mass is 16.5. The smallest absolute Gasteiger partial charge is 0.219 e. The third-order valence-electron chi connectivity index (χ3n) is 6.04. The topological polar surface area (TPSA) is 73.3 Å². The summed E-state index contributed by atoms with van der Waals surface area (Å²) in [5.41, 5.74) is 0.00136. The van der Waals surface area contributed by atoms with Gasteiger partial charge in [-0.2, -0.15) is 0 Å². The first-order valence-electron chi connectivity index (χ1n) is 10.4. The fourth-order valence-electron chi connectivity index (χ4n) is 4.26. The minimum atomic E-state index is -1.15. The molecule has 2 aliphatic heterocycles. The number of ether oxygens (including phenoxy) is 1. The Morgan fingerprint density at radius 2 is 1.62 bits per heavy atom. The predicted molar refractivity (Wildman–Crippen MR) is 111 cm³/mol. The highest BCUT2D eigenvalue weighted by Crippen LogP contribution is 2.24. The van der Waals surface area contributed by atoms with Gasteiger partial charge in [-0.05, 0) is 31.9 Å². The van der Waals surface area contributed by atoms with Crippen molar-refractivity contribution < 1.29 is 19.4 Å². The van der Waals surface area contributed by atoms with Crippen LogP contribution < -0.4 is 4.74 Å². The molecule has 1 atom stereocenters. The molecule has 1 aromatic rings. The Kier molecular flexibility index (Phi) is 6.80. The van der Waals surface area contributed by atoms with E-state index in [-0.39, 0.29) is 25.0 Å². The molecule has 0 radical (unpaired) electrons. The Bertz CT molecular complexity index is 715. The summed E-state index contributed by atoms with van der Waals surface area (Å²) in [6.07, 6.45) is 1.77. The van der Waals surface area contributed by atoms with E-state index in [0.29, 0.717) is 24.9 Å². The molecule has 160 valence electrons. The fraction of sp³-hybridized carbons (Fsp3) is 0.636. The van der Waals surface area contributed by atoms with Crippen LogP contribution in [0.3, 0.4) is 0 Å². The van der Waals surface area contributed by atoms with Gasteiger partial charge in [0.1, 0.15) is 18.0 Å². The maximum absolute atomic E-state index is 12.1. The number of piperidine rings is 1. The summed E-state index contributed by atoms with van der Waals surface area (Å²) >= 11 is 0. The van der Waals surface area contributed by atoms with Gasteiger partial charge in [0.15, 0.2) is 0 Å². The Morgan fingerprint density at radius 1 is 1.00 bits per heavy atom. The number of hydrogen-bond acceptors (Lipinski definition) is 5. The summed E-state index contributed by atoms with van der Waals surface area (Å²) in [6.45, 7) is 8.80. The molecule has 2 saturated heterocycles. The molecule has 29 heavy (non-hydrogen) atoms. The average Bonchev–Trinajstić information content (AvgIpc) is 2.87. The van der Waals surface area contributed by atoms with E-state index >= 15 is 0 Å². The summed E-state index contributed by atoms with van der Waals surface area (Å²) in [5, 5.41) is 11.4. The lowest BCUT2D eigenvalue weighted by molar-refractivity contribution is -0.132. The number of benzene rings is 1. The number of amides is 2. The molecule has 1 N–H and O–H groups in total. The van der Waals surface area contributed by atoms with Gasteiger partial charge in [0.05, 0.1) is 6.54 Å². The molecule has 0 spiro atoms. The monoisotopic (exact) mass is 403 g/mol. The number of nitrogens with zero attached hydrogens (tertiary/aromatic N) is 3. The van der Waals surface area contributed by atoms with Gasteiger partial charge in [-0.25, -0.2) is 0 Å². The van der Waals surface area contributed by atoms with Crippen LogP contribution in [-0.4, -0.2) is 89.1 Å². The fourth-order valence-corrected chi connectivity index (χ4v) is 4.26. The number of rotatable bonds is 4. The predicted octanol–water partition coefficient (Wildman–Crippen LogP) is 1.28. The second kappa shape index (κ2) is 9.13. The number of β-amino-alcohol motifs (C(OH)–C–C–N with tert-alkyl or cyclic N) is 1. The van der Waals surface area contributed by atoms with Crippen LogP contribution in [-0.2, 0) is 9.59 Å². The lowest BCUT2D eigenvalue weighted by Crippen LogP contribution is -2.54. The van der Waals surface area contributed by atoms with E-state index in [1.165, 1.54) is 0 Å². The standard InChI is InChI=1S/C22H33N3O4/c1-17-4-6-21(7-5-17)29-16-22(28)14-24(19(3)27)12-13-25(15-22)20-8-10-23(11-9-20)18(2)26/h4-7,20,28H,8-16H2,1-3H3/t22-/m0/s1. The highest BCUT2D eigenvalue weighted by Gasteiger charge is 2.39. The summed E-state index contributed by atoms with van der Waals surface area (Å²) in [5.74, 6) is 0.793. The van der Waals surface area contributed by atoms with Crippen LogP contribution in [0.15, 0.2) is 24.3 Å². The minimum absolute atomic E-state index is 0.0352. The van der Waals surface area contributed by atoms with Crippen LogP contribution >= 0.6 is 0 Å². The van der Waals surface area contributed by atoms with Crippen molar-refractivity contribution in [2.24, 2.45) is 0 Å². The van der Waals surface area contributed by atoms with Crippen molar-refractivity contribution >= 4 is 11.8 Å². The summed E-state index contributed by atoms with van der Waals surface area (Å²) < 4.78 is 5.90. The van der Waals surface area contributed by atoms with Crippen LogP contribution in [0, 0.1) is 6.92 Å². The van der Waals surface area contributed by atoms with Crippen LogP contribution in [0.4, 0.5) is 0 Å². The Morgan fingerprint density at radius 3 is 2.21 bits per heavy atom. The summed E-state index contributed by atoms with van der Waals surface area (Å²) in [4.78, 5) is 29.5. The molecule has 0 unspecified atom stereocenters. The largest absolute Gasteiger partial charge is 0.490 e. The number of aryl methyl sites for hydroxylation is 1. The van der Waals surface area contributed by atoms with E-state index in [1.54, 1.807) is 18.7 Å². The highest BCUT2D eigenvalue weighted by molar-refractivity contribution is 5.73. The lowest BCUT2D eigenvalue weighted by atomic mass is 9.99. The minimum Gasteiger partial charge on any atom is -0.490 e. The number of hydrogen-bond donors (Lipinski definition) is 1. The van der Waals surface area contributed by atoms with E-state index in [4.69, 9.17) is 4.74 Å². The van der Waals surface area contributed by atoms with E-state index in [2.05, 4.69) is 4.90 Å². The first-order valence-corrected chi connectivity index (χ1v) is 10.4. The molecule has 2 amide bonds. The lowest BCUT2D eigenvalue weighted by Gasteiger charge is -2.40. The Labute approximate surface area is 173 Å². The van der Waals surface area contributed by atoms with Crippen molar-refractivity contribution in [1.29, 1.82) is 0 Å². The van der Waals surface area contributed by atoms with E-state index < -0.39 is 5.60 Å². The van der Waals surface area contributed by atoms with Crippen LogP contribution in [0.1, 0.15) is 32.3 Å². The van der Waals surface area contributed by atoms with Crippen molar-refractivity contribution in [3.63, 3.8) is 0 Å². The zero-order valence-corrected chi connectivity index (χ0v) is 17.8. The van der Waals surface area contributed by atoms with Crippen LogP contribution in [0.25, 0.3) is 0 Å². The Balaban J connectivity index is 1.68. The maximum atomic E-state index is 12.1. The molecule has 2 aliphatic rings. The van der Waals surface area contributed by atoms with E-state index in [1.807, 2.05) is 36.1 Å². The van der Waals surface area contributed by atoms with Gasteiger partial charge in [-0.1, -0.05) is 17.7 Å². The molecule has 0 bridgehead atoms. The van der Waals surface area contributed by atoms with Gasteiger partial charge in [0, 0.05) is 52.6 Å². The quantitative estimate of drug-likeness (QED) is 0.820. The average molecular weight is 404 g/mol. The van der Waals surface area contributed by atoms with Crippen molar-refractivity contribution in [2.75, 3.05) is 45.9 Å². The second-order valence-corrected chi connectivity index (χ2v) is 8.47. The van der Waals surface area contributed by atoms with Crippen molar-refractivity contribution in [1.82, 2.24) is 14.7 Å². The maximum Gasteiger partial charge on any atom is 0.219 e. The molecular formula is C22H33N3O4. The van der Waals surface area contributed by atoms with Gasteiger partial charge < -0.3 is 19.6 Å². The summed E-state index contributed by atoms with van der Waals surface area (Å²) in [7, 11) is 0. The van der Waals surface area contributed by atoms with Crippen LogP contribution in [0.5, 0.6) is 5.75 Å². The molecular weight excluding hydrogens is 370 g/mol. The molecule has 7 nitrogen and oxygen atoms in total. The molecule has 2 heterocycles. The molecule has 2 fully saturated rings. The zero-order chi connectivity index (χ0) is 21.0. The SMILES string of the molecule is CC(=O)N1CCC(N2CCN(C(C)=O)C[C@@](O)(COc3ccc(C)cc3)C2)CC1. The normalized spacial score (nSPS) is 24.3. The first kappa shape index (κ1) is 21.6. The molecule has 0 aliphatic carbocycles. The molecule has 3 rings (SSSR count). The van der Waals surface area contributed by atoms with Gasteiger partial charge in [0.2, 0.25) is 11.8 Å². The van der Waals surface area contributed by atoms with Gasteiger partial charge in [-0.3, -0.25) is 14.5 Å². The third kappa shape index (κ3) is 5.70. The van der Waals surface area contributed by atoms with Gasteiger partial charge in [0.25, 0.3) is 0 Å². The molecule has 7 heteroatoms. The van der Waals surface area contributed by atoms with Gasteiger partial charge >= 0.3 is 0 Å². The van der Waals surface area contributed by atoms with E-state index in [0.717, 1.165) is 38.0 Å². The Hall–Kier alpha value is -2.12. The van der Waals surface area contributed by atoms with E-state index in [9.17, 15) is 14.7 Å². The number of likely N-dealkylation sites (tertiary alicyclic amines) is 1. The third-order valence-corrected chi connectivity index (χ3v) is 6.04. The zero-order valence-electron chi connectivity index (χ0n) is 17.8. The van der Waals surface area contributed by atoms with Crippen LogP contribution in [0.2, 0.25) is 0 Å². The first-order chi connectivity index (χ1) is 13.8. The molecule has 0 aromatic heterocycles. The van der Waals surface area contributed by atoms with Crippen molar-refractivity contribution in [2.45, 2.75) is 45.3 Å². The number of aliphatic hydroxyl groups is 1.